The van der Waals surface area contributed by atoms with Crippen LogP contribution in [0.2, 0.25) is 0 Å². The topological polar surface area (TPSA) is 74.4 Å². The van der Waals surface area contributed by atoms with Crippen molar-refractivity contribution in [2.24, 2.45) is 0 Å². The van der Waals surface area contributed by atoms with Gasteiger partial charge in [-0.1, -0.05) is 0 Å². The highest BCUT2D eigenvalue weighted by Gasteiger charge is 2.22. The van der Waals surface area contributed by atoms with Crippen LogP contribution in [0.15, 0.2) is 41.4 Å². The molecule has 7 heteroatoms. The molecule has 0 bridgehead atoms. The van der Waals surface area contributed by atoms with Crippen molar-refractivity contribution in [3.8, 4) is 5.75 Å². The van der Waals surface area contributed by atoms with E-state index in [0.717, 1.165) is 5.69 Å². The number of aromatic amines is 1. The number of rotatable bonds is 6. The Morgan fingerprint density at radius 3 is 2.52 bits per heavy atom. The lowest BCUT2D eigenvalue weighted by molar-refractivity contribution is 0.415. The number of aromatic nitrogens is 1. The summed E-state index contributed by atoms with van der Waals surface area (Å²) in [5.74, 6) is 0.683. The molecule has 0 amide bonds. The summed E-state index contributed by atoms with van der Waals surface area (Å²) in [4.78, 5) is 3.19. The summed E-state index contributed by atoms with van der Waals surface area (Å²) in [6.45, 7) is 0.585. The first kappa shape index (κ1) is 15.4. The molecule has 0 aliphatic carbocycles. The number of benzene rings is 1. The van der Waals surface area contributed by atoms with Gasteiger partial charge in [0.05, 0.1) is 12.8 Å². The molecule has 1 heterocycles. The van der Waals surface area contributed by atoms with Crippen molar-refractivity contribution in [2.75, 3.05) is 25.5 Å². The number of sulfonamides is 1. The Kier molecular flexibility index (Phi) is 4.54. The molecule has 0 spiro atoms. The number of anilines is 1. The Hall–Kier alpha value is -1.99. The zero-order valence-electron chi connectivity index (χ0n) is 12.3. The minimum atomic E-state index is -3.58. The smallest absolute Gasteiger partial charge is 0.265 e. The van der Waals surface area contributed by atoms with Gasteiger partial charge in [0.2, 0.25) is 0 Å². The fourth-order valence-electron chi connectivity index (χ4n) is 1.95. The van der Waals surface area contributed by atoms with Crippen LogP contribution in [0.4, 0.5) is 5.69 Å². The van der Waals surface area contributed by atoms with Crippen LogP contribution in [-0.2, 0) is 16.6 Å². The van der Waals surface area contributed by atoms with Crippen LogP contribution in [0.5, 0.6) is 5.75 Å². The van der Waals surface area contributed by atoms with E-state index in [1.54, 1.807) is 44.5 Å². The quantitative estimate of drug-likeness (QED) is 0.849. The van der Waals surface area contributed by atoms with Crippen LogP contribution in [0.3, 0.4) is 0 Å². The van der Waals surface area contributed by atoms with Crippen molar-refractivity contribution in [3.05, 3.63) is 42.2 Å². The predicted octanol–water partition coefficient (Wildman–Crippen LogP) is 1.57. The summed E-state index contributed by atoms with van der Waals surface area (Å²) in [6.07, 6.45) is 1.50. The van der Waals surface area contributed by atoms with Crippen molar-refractivity contribution in [2.45, 2.75) is 11.4 Å². The number of nitrogens with zero attached hydrogens (tertiary/aromatic N) is 1. The molecule has 21 heavy (non-hydrogen) atoms. The first-order valence-corrected chi connectivity index (χ1v) is 7.88. The maximum atomic E-state index is 12.6. The van der Waals surface area contributed by atoms with E-state index in [1.807, 2.05) is 0 Å². The van der Waals surface area contributed by atoms with Crippen molar-refractivity contribution in [3.63, 3.8) is 0 Å². The molecule has 114 valence electrons. The molecule has 0 radical (unpaired) electrons. The average molecular weight is 309 g/mol. The van der Waals surface area contributed by atoms with Gasteiger partial charge in [0.25, 0.3) is 10.0 Å². The molecule has 2 rings (SSSR count). The zero-order valence-corrected chi connectivity index (χ0v) is 13.1. The van der Waals surface area contributed by atoms with Crippen LogP contribution in [-0.4, -0.2) is 34.6 Å². The summed E-state index contributed by atoms with van der Waals surface area (Å²) in [7, 11) is 1.33. The summed E-state index contributed by atoms with van der Waals surface area (Å²) < 4.78 is 31.4. The third kappa shape index (κ3) is 3.20. The van der Waals surface area contributed by atoms with Gasteiger partial charge in [0, 0.05) is 25.5 Å². The van der Waals surface area contributed by atoms with E-state index in [9.17, 15) is 8.42 Å². The van der Waals surface area contributed by atoms with Gasteiger partial charge in [-0.15, -0.1) is 0 Å². The van der Waals surface area contributed by atoms with Gasteiger partial charge in [0.15, 0.2) is 0 Å². The number of ether oxygens (including phenoxy) is 1. The predicted molar refractivity (Wildman–Crippen MR) is 82.1 cm³/mol. The highest BCUT2D eigenvalue weighted by atomic mass is 32.2. The summed E-state index contributed by atoms with van der Waals surface area (Å²) in [5.41, 5.74) is 1.39. The molecule has 0 atom stereocenters. The van der Waals surface area contributed by atoms with E-state index in [-0.39, 0.29) is 4.90 Å². The maximum Gasteiger partial charge on any atom is 0.265 e. The van der Waals surface area contributed by atoms with Gasteiger partial charge in [-0.05, 0) is 37.4 Å². The molecule has 0 aliphatic rings. The molecule has 6 nitrogen and oxygen atoms in total. The Labute approximate surface area is 124 Å². The van der Waals surface area contributed by atoms with Crippen molar-refractivity contribution in [1.29, 1.82) is 0 Å². The van der Waals surface area contributed by atoms with Crippen LogP contribution < -0.4 is 14.4 Å². The number of nitrogens with one attached hydrogen (secondary N) is 2. The van der Waals surface area contributed by atoms with Gasteiger partial charge >= 0.3 is 0 Å². The summed E-state index contributed by atoms with van der Waals surface area (Å²) in [5, 5.41) is 2.97. The van der Waals surface area contributed by atoms with E-state index in [4.69, 9.17) is 4.74 Å². The second-order valence-corrected chi connectivity index (χ2v) is 6.53. The highest BCUT2D eigenvalue weighted by molar-refractivity contribution is 7.92. The Balaban J connectivity index is 2.28. The lowest BCUT2D eigenvalue weighted by atomic mass is 10.3. The Morgan fingerprint density at radius 1 is 1.29 bits per heavy atom. The van der Waals surface area contributed by atoms with Crippen LogP contribution in [0.25, 0.3) is 0 Å². The number of hydrogen-bond acceptors (Lipinski definition) is 4. The van der Waals surface area contributed by atoms with Crippen LogP contribution in [0, 0.1) is 0 Å². The molecule has 0 aliphatic heterocycles. The summed E-state index contributed by atoms with van der Waals surface area (Å²) >= 11 is 0. The van der Waals surface area contributed by atoms with E-state index < -0.39 is 10.0 Å². The van der Waals surface area contributed by atoms with E-state index in [2.05, 4.69) is 10.3 Å². The van der Waals surface area contributed by atoms with Gasteiger partial charge in [-0.3, -0.25) is 4.31 Å². The molecular formula is C14H19N3O3S. The van der Waals surface area contributed by atoms with E-state index in [1.165, 1.54) is 17.5 Å². The molecule has 0 saturated carbocycles. The van der Waals surface area contributed by atoms with Crippen molar-refractivity contribution in [1.82, 2.24) is 10.3 Å². The first-order chi connectivity index (χ1) is 9.98. The first-order valence-electron chi connectivity index (χ1n) is 6.44. The summed E-state index contributed by atoms with van der Waals surface area (Å²) in [6, 6.07) is 8.50. The number of methoxy groups -OCH3 is 1. The van der Waals surface area contributed by atoms with Gasteiger partial charge in [-0.25, -0.2) is 8.42 Å². The molecular weight excluding hydrogens is 290 g/mol. The van der Waals surface area contributed by atoms with E-state index >= 15 is 0 Å². The normalized spacial score (nSPS) is 11.4. The minimum Gasteiger partial charge on any atom is -0.497 e. The third-order valence-electron chi connectivity index (χ3n) is 3.18. The molecule has 0 fully saturated rings. The van der Waals surface area contributed by atoms with Gasteiger partial charge < -0.3 is 15.0 Å². The Bertz CT molecular complexity index is 693. The van der Waals surface area contributed by atoms with Gasteiger partial charge in [0.1, 0.15) is 10.6 Å². The maximum absolute atomic E-state index is 12.6. The largest absolute Gasteiger partial charge is 0.497 e. The minimum absolute atomic E-state index is 0.242. The standard InChI is InChI=1S/C14H19N3O3S/c1-15-9-11-8-14(10-16-11)21(18,19)17(2)12-4-6-13(20-3)7-5-12/h4-8,10,15-16H,9H2,1-3H3. The molecule has 1 aromatic heterocycles. The SMILES string of the molecule is CNCc1cc(S(=O)(=O)N(C)c2ccc(OC)cc2)c[nH]1. The zero-order chi connectivity index (χ0) is 15.5. The van der Waals surface area contributed by atoms with Crippen LogP contribution >= 0.6 is 0 Å². The second kappa shape index (κ2) is 6.19. The van der Waals surface area contributed by atoms with Gasteiger partial charge in [-0.2, -0.15) is 0 Å². The molecule has 0 saturated heterocycles. The lowest BCUT2D eigenvalue weighted by Crippen LogP contribution is -2.26. The van der Waals surface area contributed by atoms with E-state index in [0.29, 0.717) is 18.0 Å². The van der Waals surface area contributed by atoms with Crippen molar-refractivity contribution >= 4 is 15.7 Å². The number of hydrogen-bond donors (Lipinski definition) is 2. The molecule has 2 aromatic rings. The highest BCUT2D eigenvalue weighted by Crippen LogP contribution is 2.24. The second-order valence-electron chi connectivity index (χ2n) is 4.56. The van der Waals surface area contributed by atoms with Crippen molar-refractivity contribution < 1.29 is 13.2 Å². The molecule has 0 unspecified atom stereocenters. The Morgan fingerprint density at radius 2 is 1.95 bits per heavy atom. The van der Waals surface area contributed by atoms with Crippen LogP contribution in [0.1, 0.15) is 5.69 Å². The fraction of sp³-hybridized carbons (Fsp3) is 0.286. The third-order valence-corrected chi connectivity index (χ3v) is 4.94. The fourth-order valence-corrected chi connectivity index (χ4v) is 3.16. The number of H-pyrrole nitrogens is 1. The monoisotopic (exact) mass is 309 g/mol. The average Bonchev–Trinajstić information content (AvgIpc) is 2.96. The lowest BCUT2D eigenvalue weighted by Gasteiger charge is -2.18. The molecule has 2 N–H and O–H groups in total. The molecule has 1 aromatic carbocycles.